The lowest BCUT2D eigenvalue weighted by molar-refractivity contribution is 0.0929. The van der Waals surface area contributed by atoms with Crippen LogP contribution in [0.15, 0.2) is 105 Å². The molecule has 15 nitrogen and oxygen atoms in total. The van der Waals surface area contributed by atoms with Crippen LogP contribution in [-0.4, -0.2) is 106 Å². The fourth-order valence-corrected chi connectivity index (χ4v) is 5.25. The maximum atomic E-state index is 13.5. The minimum atomic E-state index is -0.597. The quantitative estimate of drug-likeness (QED) is 0.0659. The molecule has 0 saturated heterocycles. The van der Waals surface area contributed by atoms with E-state index in [4.69, 9.17) is 33.9 Å². The Balaban J connectivity index is 1.40. The molecule has 15 heteroatoms. The van der Waals surface area contributed by atoms with E-state index >= 15 is 0 Å². The first-order chi connectivity index (χ1) is 27.9. The molecular formula is C42H43N9O6. The second-order valence-electron chi connectivity index (χ2n) is 12.0. The Bertz CT molecular complexity index is 2170. The van der Waals surface area contributed by atoms with Crippen LogP contribution in [0.3, 0.4) is 0 Å². The predicted molar refractivity (Wildman–Crippen MR) is 221 cm³/mol. The molecule has 0 atom stereocenters. The Morgan fingerprint density at radius 1 is 0.561 bits per heavy atom. The number of carbonyl (C=O) groups is 2. The topological polar surface area (TPSA) is 183 Å². The van der Waals surface area contributed by atoms with E-state index in [0.717, 1.165) is 27.8 Å². The zero-order valence-electron chi connectivity index (χ0n) is 32.3. The number of methoxy groups -OCH3 is 2. The smallest absolute Gasteiger partial charge is 0.275 e. The number of hydrazone groups is 2. The van der Waals surface area contributed by atoms with Crippen molar-refractivity contribution in [3.05, 3.63) is 113 Å². The molecule has 0 aliphatic heterocycles. The number of hydrogen-bond donors (Lipinski definition) is 2. The van der Waals surface area contributed by atoms with E-state index in [0.29, 0.717) is 23.0 Å². The Morgan fingerprint density at radius 2 is 0.930 bits per heavy atom. The molecule has 5 aromatic rings. The van der Waals surface area contributed by atoms with Gasteiger partial charge in [0.05, 0.1) is 30.6 Å². The number of ether oxygens (including phenoxy) is 4. The summed E-state index contributed by atoms with van der Waals surface area (Å²) in [6.07, 6.45) is 6.49. The second kappa shape index (κ2) is 21.2. The monoisotopic (exact) mass is 769 g/mol. The standard InChI is InChI=1S/C42H43N9O6/c1-6-45-50-41(52)34-23-37(57-22-20-55-5)35(24-36(34)56-21-19-54-4)42(53)51-46-27-30-11-17-33(18-12-30)40-48-38(31-13-7-28(8-14-31)25-43-2)47-39(49-40)32-15-9-29(10-16-32)26-44-3/h6-18,23-27H,19-22H2,1-5H3,(H,50,52)(H,51,53)/b43-25?,44-26?,45-6+,46-27+. The molecule has 1 aromatic heterocycles. The Labute approximate surface area is 330 Å². The van der Waals surface area contributed by atoms with E-state index in [1.165, 1.54) is 38.8 Å². The largest absolute Gasteiger partial charge is 0.490 e. The minimum absolute atomic E-state index is 0.0873. The highest BCUT2D eigenvalue weighted by Gasteiger charge is 2.22. The summed E-state index contributed by atoms with van der Waals surface area (Å²) in [5.41, 5.74) is 10.2. The van der Waals surface area contributed by atoms with Gasteiger partial charge in [0.1, 0.15) is 24.7 Å². The van der Waals surface area contributed by atoms with Crippen LogP contribution in [0.2, 0.25) is 0 Å². The summed E-state index contributed by atoms with van der Waals surface area (Å²) >= 11 is 0. The number of nitrogens with zero attached hydrogens (tertiary/aromatic N) is 7. The van der Waals surface area contributed by atoms with Crippen molar-refractivity contribution in [1.29, 1.82) is 0 Å². The van der Waals surface area contributed by atoms with Crippen LogP contribution >= 0.6 is 0 Å². The van der Waals surface area contributed by atoms with Crippen molar-refractivity contribution >= 4 is 36.7 Å². The third-order valence-electron chi connectivity index (χ3n) is 8.03. The molecule has 0 fully saturated rings. The SMILES string of the molecule is C/C=N/NC(=O)c1cc(OCCOC)c(C(=O)N/N=C/c2ccc(-c3nc(-c4ccc(C=NC)cc4)nc(-c4ccc(C=NC)cc4)n3)cc2)cc1OCCOC. The van der Waals surface area contributed by atoms with Crippen LogP contribution in [0.25, 0.3) is 34.2 Å². The zero-order chi connectivity index (χ0) is 40.4. The highest BCUT2D eigenvalue weighted by Crippen LogP contribution is 2.30. The number of rotatable bonds is 18. The predicted octanol–water partition coefficient (Wildman–Crippen LogP) is 5.52. The van der Waals surface area contributed by atoms with Crippen LogP contribution in [0.4, 0.5) is 0 Å². The van der Waals surface area contributed by atoms with Crippen LogP contribution in [-0.2, 0) is 9.47 Å². The van der Waals surface area contributed by atoms with Crippen LogP contribution in [0.1, 0.15) is 44.3 Å². The van der Waals surface area contributed by atoms with E-state index in [1.54, 1.807) is 33.4 Å². The van der Waals surface area contributed by atoms with Crippen molar-refractivity contribution in [3.63, 3.8) is 0 Å². The molecular weight excluding hydrogens is 727 g/mol. The van der Waals surface area contributed by atoms with Crippen molar-refractivity contribution in [1.82, 2.24) is 25.8 Å². The fraction of sp³-hybridized carbons (Fsp3) is 0.214. The number of aromatic nitrogens is 3. The molecule has 0 saturated carbocycles. The summed E-state index contributed by atoms with van der Waals surface area (Å²) in [5, 5.41) is 7.99. The molecule has 0 aliphatic carbocycles. The summed E-state index contributed by atoms with van der Waals surface area (Å²) in [7, 11) is 6.51. The molecule has 292 valence electrons. The second-order valence-corrected chi connectivity index (χ2v) is 12.0. The molecule has 1 heterocycles. The van der Waals surface area contributed by atoms with Crippen molar-refractivity contribution in [2.75, 3.05) is 54.7 Å². The molecule has 0 spiro atoms. The highest BCUT2D eigenvalue weighted by molar-refractivity contribution is 6.02. The molecule has 57 heavy (non-hydrogen) atoms. The van der Waals surface area contributed by atoms with E-state index in [-0.39, 0.29) is 49.1 Å². The molecule has 0 unspecified atom stereocenters. The zero-order valence-corrected chi connectivity index (χ0v) is 32.3. The number of carbonyl (C=O) groups excluding carboxylic acids is 2. The number of hydrogen-bond acceptors (Lipinski definition) is 13. The normalized spacial score (nSPS) is 11.5. The fourth-order valence-electron chi connectivity index (χ4n) is 5.25. The molecule has 0 aliphatic rings. The Kier molecular flexibility index (Phi) is 15.3. The van der Waals surface area contributed by atoms with Gasteiger partial charge in [0.2, 0.25) is 0 Å². The molecule has 0 radical (unpaired) electrons. The first kappa shape index (κ1) is 41.2. The van der Waals surface area contributed by atoms with E-state index in [2.05, 4.69) is 31.0 Å². The van der Waals surface area contributed by atoms with E-state index < -0.39 is 11.8 Å². The van der Waals surface area contributed by atoms with Gasteiger partial charge < -0.3 is 18.9 Å². The van der Waals surface area contributed by atoms with Gasteiger partial charge in [-0.25, -0.2) is 25.8 Å². The first-order valence-electron chi connectivity index (χ1n) is 17.8. The summed E-state index contributed by atoms with van der Waals surface area (Å²) in [4.78, 5) is 49.1. The van der Waals surface area contributed by atoms with Crippen molar-refractivity contribution < 1.29 is 28.5 Å². The van der Waals surface area contributed by atoms with Crippen molar-refractivity contribution in [2.45, 2.75) is 6.92 Å². The first-order valence-corrected chi connectivity index (χ1v) is 17.8. The van der Waals surface area contributed by atoms with Crippen molar-refractivity contribution in [2.24, 2.45) is 20.2 Å². The maximum absolute atomic E-state index is 13.5. The minimum Gasteiger partial charge on any atom is -0.490 e. The van der Waals surface area contributed by atoms with Crippen LogP contribution < -0.4 is 20.3 Å². The van der Waals surface area contributed by atoms with Gasteiger partial charge in [-0.05, 0) is 35.7 Å². The van der Waals surface area contributed by atoms with Gasteiger partial charge in [-0.3, -0.25) is 19.6 Å². The highest BCUT2D eigenvalue weighted by atomic mass is 16.5. The lowest BCUT2D eigenvalue weighted by Crippen LogP contribution is -2.23. The van der Waals surface area contributed by atoms with E-state index in [9.17, 15) is 9.59 Å². The van der Waals surface area contributed by atoms with Crippen molar-refractivity contribution in [3.8, 4) is 45.7 Å². The lowest BCUT2D eigenvalue weighted by atomic mass is 10.1. The number of amides is 2. The average Bonchev–Trinajstić information content (AvgIpc) is 3.24. The van der Waals surface area contributed by atoms with Gasteiger partial charge in [-0.2, -0.15) is 10.2 Å². The molecule has 0 bridgehead atoms. The van der Waals surface area contributed by atoms with Gasteiger partial charge >= 0.3 is 0 Å². The van der Waals surface area contributed by atoms with Crippen LogP contribution in [0.5, 0.6) is 11.5 Å². The van der Waals surface area contributed by atoms with Gasteiger partial charge in [-0.1, -0.05) is 72.8 Å². The van der Waals surface area contributed by atoms with Gasteiger partial charge in [0, 0.05) is 63.6 Å². The Hall–Kier alpha value is -6.97. The number of benzene rings is 4. The third-order valence-corrected chi connectivity index (χ3v) is 8.03. The van der Waals surface area contributed by atoms with Gasteiger partial charge in [0.15, 0.2) is 17.5 Å². The Morgan fingerprint density at radius 3 is 1.28 bits per heavy atom. The number of aliphatic imine (C=N–C) groups is 2. The molecule has 2 amide bonds. The van der Waals surface area contributed by atoms with Crippen LogP contribution in [0, 0.1) is 0 Å². The summed E-state index contributed by atoms with van der Waals surface area (Å²) in [6.45, 7) is 2.42. The maximum Gasteiger partial charge on any atom is 0.275 e. The summed E-state index contributed by atoms with van der Waals surface area (Å²) in [6, 6.07) is 25.9. The molecule has 2 N–H and O–H groups in total. The average molecular weight is 770 g/mol. The third kappa shape index (κ3) is 11.5. The lowest BCUT2D eigenvalue weighted by Gasteiger charge is -2.16. The van der Waals surface area contributed by atoms with E-state index in [1.807, 2.05) is 72.8 Å². The summed E-state index contributed by atoms with van der Waals surface area (Å²) < 4.78 is 21.8. The molecule has 5 rings (SSSR count). The van der Waals surface area contributed by atoms with Gasteiger partial charge in [0.25, 0.3) is 11.8 Å². The van der Waals surface area contributed by atoms with Gasteiger partial charge in [-0.15, -0.1) is 0 Å². The molecule has 4 aromatic carbocycles. The number of nitrogens with one attached hydrogen (secondary N) is 2. The summed E-state index contributed by atoms with van der Waals surface area (Å²) in [5.74, 6) is 0.626.